The molecule has 4 N–H and O–H groups in total. The molecule has 12 heteroatoms. The number of fused-ring (bicyclic) bond motifs is 1. The zero-order chi connectivity index (χ0) is 25.3. The van der Waals surface area contributed by atoms with Crippen molar-refractivity contribution in [3.05, 3.63) is 77.5 Å². The number of carbonyl (C=O) groups excluding carboxylic acids is 2. The molecule has 0 unspecified atom stereocenters. The van der Waals surface area contributed by atoms with Gasteiger partial charge in [-0.3, -0.25) is 9.78 Å². The number of para-hydroxylation sites is 1. The van der Waals surface area contributed by atoms with Crippen LogP contribution in [0, 0.1) is 0 Å². The third kappa shape index (κ3) is 4.76. The minimum absolute atomic E-state index is 0.0350. The fourth-order valence-corrected chi connectivity index (χ4v) is 3.59. The fraction of sp³-hybridized carbons (Fsp3) is 0.174. The van der Waals surface area contributed by atoms with Gasteiger partial charge in [0.05, 0.1) is 28.7 Å². The number of anilines is 3. The largest absolute Gasteiger partial charge is 0.418 e. The standard InChI is InChI=1S/C23H20F3N7O2/c1-12(2)18-8-15(19-21(27)29-11-30-33(18)19)20(34)13-7-14(10-28-9-13)31-22(35)32-17-6-4-3-5-16(17)23(24,25)26/h3-12H,1-2H3,(H2,27,29,30)(H2,31,32,35). The maximum atomic E-state index is 13.3. The molecule has 0 aliphatic heterocycles. The molecule has 0 saturated carbocycles. The smallest absolute Gasteiger partial charge is 0.382 e. The van der Waals surface area contributed by atoms with Crippen molar-refractivity contribution in [1.29, 1.82) is 0 Å². The van der Waals surface area contributed by atoms with Crippen LogP contribution >= 0.6 is 0 Å². The summed E-state index contributed by atoms with van der Waals surface area (Å²) in [7, 11) is 0. The SMILES string of the molecule is CC(C)c1cc(C(=O)c2cncc(NC(=O)Nc3ccccc3C(F)(F)F)c2)c2c(N)ncnn12. The van der Waals surface area contributed by atoms with E-state index in [4.69, 9.17) is 5.73 Å². The number of benzene rings is 1. The van der Waals surface area contributed by atoms with Crippen molar-refractivity contribution in [2.75, 3.05) is 16.4 Å². The first-order valence-electron chi connectivity index (χ1n) is 10.4. The van der Waals surface area contributed by atoms with E-state index in [0.717, 1.165) is 17.8 Å². The molecule has 0 saturated heterocycles. The maximum Gasteiger partial charge on any atom is 0.418 e. The molecule has 0 radical (unpaired) electrons. The molecular weight excluding hydrogens is 463 g/mol. The Bertz CT molecular complexity index is 1430. The number of hydrogen-bond donors (Lipinski definition) is 3. The number of nitrogen functional groups attached to an aromatic ring is 1. The number of pyridine rings is 1. The second-order valence-corrected chi connectivity index (χ2v) is 7.96. The van der Waals surface area contributed by atoms with Crippen molar-refractivity contribution in [3.63, 3.8) is 0 Å². The Kier molecular flexibility index (Phi) is 6.12. The number of carbonyl (C=O) groups is 2. The summed E-state index contributed by atoms with van der Waals surface area (Å²) in [6.07, 6.45) is -0.771. The van der Waals surface area contributed by atoms with Crippen LogP contribution in [0.2, 0.25) is 0 Å². The third-order valence-electron chi connectivity index (χ3n) is 5.19. The highest BCUT2D eigenvalue weighted by atomic mass is 19.4. The number of urea groups is 1. The third-order valence-corrected chi connectivity index (χ3v) is 5.19. The summed E-state index contributed by atoms with van der Waals surface area (Å²) >= 11 is 0. The van der Waals surface area contributed by atoms with E-state index in [0.29, 0.717) is 5.52 Å². The Morgan fingerprint density at radius 2 is 1.83 bits per heavy atom. The molecule has 0 fully saturated rings. The van der Waals surface area contributed by atoms with Gasteiger partial charge in [-0.1, -0.05) is 26.0 Å². The number of aromatic nitrogens is 4. The first kappa shape index (κ1) is 23.7. The van der Waals surface area contributed by atoms with E-state index in [-0.39, 0.29) is 28.6 Å². The molecule has 9 nitrogen and oxygen atoms in total. The molecule has 35 heavy (non-hydrogen) atoms. The molecule has 1 aromatic carbocycles. The van der Waals surface area contributed by atoms with Gasteiger partial charge >= 0.3 is 12.2 Å². The zero-order valence-corrected chi connectivity index (χ0v) is 18.6. The van der Waals surface area contributed by atoms with E-state index in [1.54, 1.807) is 10.6 Å². The number of halogens is 3. The van der Waals surface area contributed by atoms with Crippen LogP contribution in [0.4, 0.5) is 35.2 Å². The Morgan fingerprint density at radius 3 is 2.54 bits per heavy atom. The van der Waals surface area contributed by atoms with Gasteiger partial charge in [0.25, 0.3) is 0 Å². The summed E-state index contributed by atoms with van der Waals surface area (Å²) in [5.74, 6) is -0.275. The first-order valence-corrected chi connectivity index (χ1v) is 10.4. The van der Waals surface area contributed by atoms with E-state index < -0.39 is 29.2 Å². The van der Waals surface area contributed by atoms with Crippen molar-refractivity contribution in [3.8, 4) is 0 Å². The number of ketones is 1. The number of nitrogens with one attached hydrogen (secondary N) is 2. The van der Waals surface area contributed by atoms with E-state index in [1.165, 1.54) is 36.9 Å². The molecule has 0 aliphatic rings. The van der Waals surface area contributed by atoms with Gasteiger partial charge in [0.15, 0.2) is 11.6 Å². The predicted molar refractivity (Wildman–Crippen MR) is 123 cm³/mol. The van der Waals surface area contributed by atoms with Crippen LogP contribution in [-0.2, 0) is 6.18 Å². The second-order valence-electron chi connectivity index (χ2n) is 7.96. The van der Waals surface area contributed by atoms with Gasteiger partial charge in [0, 0.05) is 17.5 Å². The molecule has 4 rings (SSSR count). The average Bonchev–Trinajstić information content (AvgIpc) is 3.20. The summed E-state index contributed by atoms with van der Waals surface area (Å²) in [6, 6.07) is 6.70. The Labute approximate surface area is 197 Å². The van der Waals surface area contributed by atoms with Crippen molar-refractivity contribution in [2.24, 2.45) is 0 Å². The van der Waals surface area contributed by atoms with Crippen molar-refractivity contribution in [1.82, 2.24) is 19.6 Å². The zero-order valence-electron chi connectivity index (χ0n) is 18.6. The van der Waals surface area contributed by atoms with Gasteiger partial charge < -0.3 is 16.4 Å². The summed E-state index contributed by atoms with van der Waals surface area (Å²) in [5, 5.41) is 8.77. The Hall–Kier alpha value is -4.48. The minimum Gasteiger partial charge on any atom is -0.382 e. The molecule has 0 spiro atoms. The quantitative estimate of drug-likeness (QED) is 0.353. The molecule has 0 atom stereocenters. The highest BCUT2D eigenvalue weighted by Crippen LogP contribution is 2.34. The lowest BCUT2D eigenvalue weighted by molar-refractivity contribution is -0.136. The van der Waals surface area contributed by atoms with Gasteiger partial charge in [-0.2, -0.15) is 18.3 Å². The average molecular weight is 483 g/mol. The molecule has 0 bridgehead atoms. The van der Waals surface area contributed by atoms with Gasteiger partial charge in [-0.05, 0) is 30.2 Å². The Morgan fingerprint density at radius 1 is 1.09 bits per heavy atom. The minimum atomic E-state index is -4.64. The van der Waals surface area contributed by atoms with Crippen molar-refractivity contribution < 1.29 is 22.8 Å². The lowest BCUT2D eigenvalue weighted by Gasteiger charge is -2.14. The van der Waals surface area contributed by atoms with Crippen LogP contribution in [0.25, 0.3) is 5.52 Å². The van der Waals surface area contributed by atoms with Crippen LogP contribution in [0.5, 0.6) is 0 Å². The monoisotopic (exact) mass is 483 g/mol. The highest BCUT2D eigenvalue weighted by Gasteiger charge is 2.33. The summed E-state index contributed by atoms with van der Waals surface area (Å²) in [4.78, 5) is 33.6. The van der Waals surface area contributed by atoms with E-state index in [2.05, 4.69) is 25.7 Å². The lowest BCUT2D eigenvalue weighted by atomic mass is 10.0. The molecular formula is C23H20F3N7O2. The topological polar surface area (TPSA) is 127 Å². The number of nitrogens with two attached hydrogens (primary N) is 1. The highest BCUT2D eigenvalue weighted by molar-refractivity contribution is 6.15. The van der Waals surface area contributed by atoms with Crippen LogP contribution in [-0.4, -0.2) is 31.4 Å². The predicted octanol–water partition coefficient (Wildman–Crippen LogP) is 4.72. The molecule has 3 aromatic heterocycles. The maximum absolute atomic E-state index is 13.3. The number of nitrogens with zero attached hydrogens (tertiary/aromatic N) is 4. The summed E-state index contributed by atoms with van der Waals surface area (Å²) in [6.45, 7) is 3.88. The number of rotatable bonds is 5. The fourth-order valence-electron chi connectivity index (χ4n) is 3.59. The molecule has 180 valence electrons. The number of hydrogen-bond acceptors (Lipinski definition) is 6. The second kappa shape index (κ2) is 9.05. The van der Waals surface area contributed by atoms with Crippen LogP contribution in [0.1, 0.15) is 46.9 Å². The van der Waals surface area contributed by atoms with Crippen molar-refractivity contribution >= 4 is 34.5 Å². The van der Waals surface area contributed by atoms with Gasteiger partial charge in [0.1, 0.15) is 11.8 Å². The molecule has 0 aliphatic carbocycles. The van der Waals surface area contributed by atoms with Crippen molar-refractivity contribution in [2.45, 2.75) is 25.9 Å². The molecule has 2 amide bonds. The first-order chi connectivity index (χ1) is 16.6. The normalized spacial score (nSPS) is 11.6. The van der Waals surface area contributed by atoms with Crippen LogP contribution < -0.4 is 16.4 Å². The molecule has 4 aromatic rings. The summed E-state index contributed by atoms with van der Waals surface area (Å²) in [5.41, 5.74) is 6.21. The molecule has 3 heterocycles. The lowest BCUT2D eigenvalue weighted by Crippen LogP contribution is -2.22. The van der Waals surface area contributed by atoms with Gasteiger partial charge in [0.2, 0.25) is 0 Å². The van der Waals surface area contributed by atoms with Gasteiger partial charge in [-0.15, -0.1) is 0 Å². The Balaban J connectivity index is 1.60. The van der Waals surface area contributed by atoms with E-state index >= 15 is 0 Å². The van der Waals surface area contributed by atoms with Crippen LogP contribution in [0.15, 0.2) is 55.1 Å². The van der Waals surface area contributed by atoms with E-state index in [9.17, 15) is 22.8 Å². The summed E-state index contributed by atoms with van der Waals surface area (Å²) < 4.78 is 41.1. The van der Waals surface area contributed by atoms with Gasteiger partial charge in [-0.25, -0.2) is 14.3 Å². The number of alkyl halides is 3. The number of amides is 2. The van der Waals surface area contributed by atoms with E-state index in [1.807, 2.05) is 13.8 Å². The van der Waals surface area contributed by atoms with Crippen LogP contribution in [0.3, 0.4) is 0 Å².